The number of amides is 1. The van der Waals surface area contributed by atoms with E-state index in [0.717, 1.165) is 30.8 Å². The van der Waals surface area contributed by atoms with Gasteiger partial charge in [0, 0.05) is 12.2 Å². The summed E-state index contributed by atoms with van der Waals surface area (Å²) in [6.45, 7) is 1.38. The Hall–Kier alpha value is -2.07. The SMILES string of the molecule is O=C1C(NCc2ccco2)CCCN1c1ccccc1. The van der Waals surface area contributed by atoms with Crippen molar-refractivity contribution < 1.29 is 9.21 Å². The van der Waals surface area contributed by atoms with E-state index in [2.05, 4.69) is 5.32 Å². The molecule has 4 heteroatoms. The van der Waals surface area contributed by atoms with Crippen LogP contribution in [0.5, 0.6) is 0 Å². The van der Waals surface area contributed by atoms with Crippen LogP contribution in [0.1, 0.15) is 18.6 Å². The molecule has 1 aromatic heterocycles. The Morgan fingerprint density at radius 3 is 2.80 bits per heavy atom. The van der Waals surface area contributed by atoms with Crippen molar-refractivity contribution in [2.75, 3.05) is 11.4 Å². The van der Waals surface area contributed by atoms with E-state index in [4.69, 9.17) is 4.42 Å². The third-order valence-corrected chi connectivity index (χ3v) is 3.61. The van der Waals surface area contributed by atoms with E-state index in [-0.39, 0.29) is 11.9 Å². The fourth-order valence-corrected chi connectivity index (χ4v) is 2.57. The number of nitrogens with one attached hydrogen (secondary N) is 1. The van der Waals surface area contributed by atoms with Crippen LogP contribution >= 0.6 is 0 Å². The van der Waals surface area contributed by atoms with Gasteiger partial charge in [-0.3, -0.25) is 10.1 Å². The number of para-hydroxylation sites is 1. The Morgan fingerprint density at radius 2 is 2.05 bits per heavy atom. The highest BCUT2D eigenvalue weighted by Gasteiger charge is 2.29. The van der Waals surface area contributed by atoms with Crippen LogP contribution in [-0.4, -0.2) is 18.5 Å². The van der Waals surface area contributed by atoms with Gasteiger partial charge in [0.15, 0.2) is 0 Å². The van der Waals surface area contributed by atoms with E-state index in [1.807, 2.05) is 47.4 Å². The summed E-state index contributed by atoms with van der Waals surface area (Å²) < 4.78 is 5.28. The van der Waals surface area contributed by atoms with Gasteiger partial charge in [0.1, 0.15) is 5.76 Å². The summed E-state index contributed by atoms with van der Waals surface area (Å²) in [4.78, 5) is 14.4. The standard InChI is InChI=1S/C16H18N2O2/c19-16-15(17-12-14-8-5-11-20-14)9-4-10-18(16)13-6-2-1-3-7-13/h1-3,5-8,11,15,17H,4,9-10,12H2. The first-order valence-corrected chi connectivity index (χ1v) is 6.97. The lowest BCUT2D eigenvalue weighted by molar-refractivity contribution is -0.121. The van der Waals surface area contributed by atoms with E-state index in [9.17, 15) is 4.79 Å². The zero-order valence-electron chi connectivity index (χ0n) is 11.3. The summed E-state index contributed by atoms with van der Waals surface area (Å²) in [5, 5.41) is 3.29. The lowest BCUT2D eigenvalue weighted by Gasteiger charge is -2.32. The van der Waals surface area contributed by atoms with Gasteiger partial charge >= 0.3 is 0 Å². The molecule has 3 rings (SSSR count). The molecule has 0 radical (unpaired) electrons. The second kappa shape index (κ2) is 5.92. The molecule has 0 aliphatic carbocycles. The smallest absolute Gasteiger partial charge is 0.244 e. The zero-order chi connectivity index (χ0) is 13.8. The van der Waals surface area contributed by atoms with Crippen LogP contribution in [0.25, 0.3) is 0 Å². The molecule has 2 heterocycles. The van der Waals surface area contributed by atoms with E-state index in [1.165, 1.54) is 0 Å². The van der Waals surface area contributed by atoms with Crippen LogP contribution in [0.2, 0.25) is 0 Å². The number of carbonyl (C=O) groups excluding carboxylic acids is 1. The summed E-state index contributed by atoms with van der Waals surface area (Å²) in [6.07, 6.45) is 3.54. The zero-order valence-corrected chi connectivity index (χ0v) is 11.3. The molecule has 1 fully saturated rings. The molecule has 1 N–H and O–H groups in total. The van der Waals surface area contributed by atoms with Crippen molar-refractivity contribution in [1.29, 1.82) is 0 Å². The minimum absolute atomic E-state index is 0.131. The van der Waals surface area contributed by atoms with E-state index < -0.39 is 0 Å². The molecule has 0 bridgehead atoms. The molecule has 1 atom stereocenters. The van der Waals surface area contributed by atoms with Crippen LogP contribution in [0.3, 0.4) is 0 Å². The predicted octanol–water partition coefficient (Wildman–Crippen LogP) is 2.56. The molecule has 1 unspecified atom stereocenters. The number of rotatable bonds is 4. The second-order valence-corrected chi connectivity index (χ2v) is 4.98. The highest BCUT2D eigenvalue weighted by Crippen LogP contribution is 2.20. The third kappa shape index (κ3) is 2.75. The Labute approximate surface area is 118 Å². The third-order valence-electron chi connectivity index (χ3n) is 3.61. The summed E-state index contributed by atoms with van der Waals surface area (Å²) in [5.41, 5.74) is 0.974. The van der Waals surface area contributed by atoms with Gasteiger partial charge in [-0.05, 0) is 37.1 Å². The first-order valence-electron chi connectivity index (χ1n) is 6.97. The molecule has 1 saturated heterocycles. The van der Waals surface area contributed by atoms with E-state index in [0.29, 0.717) is 6.54 Å². The molecule has 1 aliphatic rings. The number of hydrogen-bond donors (Lipinski definition) is 1. The maximum atomic E-state index is 12.5. The quantitative estimate of drug-likeness (QED) is 0.928. The highest BCUT2D eigenvalue weighted by molar-refractivity contribution is 5.97. The summed E-state index contributed by atoms with van der Waals surface area (Å²) in [7, 11) is 0. The Kier molecular flexibility index (Phi) is 3.83. The van der Waals surface area contributed by atoms with Crippen LogP contribution < -0.4 is 10.2 Å². The van der Waals surface area contributed by atoms with Gasteiger partial charge in [-0.1, -0.05) is 18.2 Å². The second-order valence-electron chi connectivity index (χ2n) is 4.98. The molecule has 104 valence electrons. The first kappa shape index (κ1) is 12.9. The molecule has 1 aliphatic heterocycles. The lowest BCUT2D eigenvalue weighted by atomic mass is 10.0. The molecule has 2 aromatic rings. The molecular formula is C16H18N2O2. The van der Waals surface area contributed by atoms with Crippen molar-refractivity contribution >= 4 is 11.6 Å². The van der Waals surface area contributed by atoms with Gasteiger partial charge in [0.05, 0.1) is 18.8 Å². The van der Waals surface area contributed by atoms with Crippen molar-refractivity contribution in [1.82, 2.24) is 5.32 Å². The monoisotopic (exact) mass is 270 g/mol. The Bertz CT molecular complexity index is 551. The lowest BCUT2D eigenvalue weighted by Crippen LogP contribution is -2.50. The molecule has 20 heavy (non-hydrogen) atoms. The van der Waals surface area contributed by atoms with Crippen LogP contribution in [0, 0.1) is 0 Å². The van der Waals surface area contributed by atoms with Gasteiger partial charge in [-0.2, -0.15) is 0 Å². The predicted molar refractivity (Wildman–Crippen MR) is 77.4 cm³/mol. The number of carbonyl (C=O) groups is 1. The normalized spacial score (nSPS) is 19.3. The maximum Gasteiger partial charge on any atom is 0.244 e. The summed E-state index contributed by atoms with van der Waals surface area (Å²) >= 11 is 0. The van der Waals surface area contributed by atoms with Crippen molar-refractivity contribution in [2.45, 2.75) is 25.4 Å². The molecule has 1 amide bonds. The molecule has 4 nitrogen and oxygen atoms in total. The van der Waals surface area contributed by atoms with Crippen LogP contribution in [0.15, 0.2) is 53.1 Å². The fraction of sp³-hybridized carbons (Fsp3) is 0.312. The maximum absolute atomic E-state index is 12.5. The molecule has 0 saturated carbocycles. The van der Waals surface area contributed by atoms with E-state index >= 15 is 0 Å². The van der Waals surface area contributed by atoms with Crippen molar-refractivity contribution in [2.24, 2.45) is 0 Å². The van der Waals surface area contributed by atoms with Crippen molar-refractivity contribution in [3.63, 3.8) is 0 Å². The average Bonchev–Trinajstić information content (AvgIpc) is 3.00. The van der Waals surface area contributed by atoms with Crippen LogP contribution in [-0.2, 0) is 11.3 Å². The van der Waals surface area contributed by atoms with Gasteiger partial charge in [0.25, 0.3) is 0 Å². The Morgan fingerprint density at radius 1 is 1.20 bits per heavy atom. The molecule has 1 aromatic carbocycles. The number of piperidine rings is 1. The van der Waals surface area contributed by atoms with Gasteiger partial charge in [-0.25, -0.2) is 0 Å². The fourth-order valence-electron chi connectivity index (χ4n) is 2.57. The number of nitrogens with zero attached hydrogens (tertiary/aromatic N) is 1. The minimum Gasteiger partial charge on any atom is -0.468 e. The highest BCUT2D eigenvalue weighted by atomic mass is 16.3. The number of benzene rings is 1. The van der Waals surface area contributed by atoms with Gasteiger partial charge in [-0.15, -0.1) is 0 Å². The van der Waals surface area contributed by atoms with E-state index in [1.54, 1.807) is 6.26 Å². The minimum atomic E-state index is -0.131. The molecule has 0 spiro atoms. The van der Waals surface area contributed by atoms with Crippen LogP contribution in [0.4, 0.5) is 5.69 Å². The van der Waals surface area contributed by atoms with Crippen molar-refractivity contribution in [3.05, 3.63) is 54.5 Å². The van der Waals surface area contributed by atoms with Gasteiger partial charge < -0.3 is 9.32 Å². The summed E-state index contributed by atoms with van der Waals surface area (Å²) in [6, 6.07) is 13.5. The number of anilines is 1. The largest absolute Gasteiger partial charge is 0.468 e. The number of furan rings is 1. The van der Waals surface area contributed by atoms with Gasteiger partial charge in [0.2, 0.25) is 5.91 Å². The topological polar surface area (TPSA) is 45.5 Å². The average molecular weight is 270 g/mol. The summed E-state index contributed by atoms with van der Waals surface area (Å²) in [5.74, 6) is 1.00. The first-order chi connectivity index (χ1) is 9.84. The number of hydrogen-bond acceptors (Lipinski definition) is 3. The molecular weight excluding hydrogens is 252 g/mol. The Balaban J connectivity index is 1.66. The van der Waals surface area contributed by atoms with Crippen molar-refractivity contribution in [3.8, 4) is 0 Å².